The number of nitrogens with zero attached hydrogens (tertiary/aromatic N) is 2. The number of amides is 2. The molecule has 0 aliphatic heterocycles. The molecule has 1 atom stereocenters. The van der Waals surface area contributed by atoms with Crippen LogP contribution in [0.5, 0.6) is 0 Å². The number of halogens is 2. The van der Waals surface area contributed by atoms with Crippen LogP contribution < -0.4 is 5.32 Å². The summed E-state index contributed by atoms with van der Waals surface area (Å²) in [6.07, 6.45) is 3.78. The van der Waals surface area contributed by atoms with Crippen LogP contribution in [0.15, 0.2) is 103 Å². The Hall–Kier alpha value is -4.03. The second-order valence-electron chi connectivity index (χ2n) is 8.74. The summed E-state index contributed by atoms with van der Waals surface area (Å²) in [7, 11) is 0. The number of nitrogens with one attached hydrogen (secondary N) is 1. The molecule has 0 spiro atoms. The highest BCUT2D eigenvalue weighted by atomic mass is 35.5. The highest BCUT2D eigenvalue weighted by Crippen LogP contribution is 2.18. The van der Waals surface area contributed by atoms with Crippen LogP contribution in [0.4, 0.5) is 4.39 Å². The Balaban J connectivity index is 1.64. The van der Waals surface area contributed by atoms with Crippen molar-refractivity contribution in [2.45, 2.75) is 32.0 Å². The van der Waals surface area contributed by atoms with E-state index in [2.05, 4.69) is 10.3 Å². The minimum atomic E-state index is -0.788. The molecule has 0 bridgehead atoms. The van der Waals surface area contributed by atoms with Crippen molar-refractivity contribution in [1.29, 1.82) is 0 Å². The second-order valence-corrected chi connectivity index (χ2v) is 9.17. The fraction of sp³-hybridized carbons (Fsp3) is 0.167. The summed E-state index contributed by atoms with van der Waals surface area (Å²) in [5.74, 6) is -0.860. The Kier molecular flexibility index (Phi) is 9.00. The molecule has 4 aromatic rings. The Bertz CT molecular complexity index is 1300. The van der Waals surface area contributed by atoms with Crippen molar-refractivity contribution in [2.75, 3.05) is 0 Å². The lowest BCUT2D eigenvalue weighted by Crippen LogP contribution is -2.50. The molecule has 1 N–H and O–H groups in total. The predicted molar refractivity (Wildman–Crippen MR) is 142 cm³/mol. The van der Waals surface area contributed by atoms with Crippen molar-refractivity contribution >= 4 is 23.4 Å². The van der Waals surface area contributed by atoms with E-state index in [4.69, 9.17) is 11.6 Å². The third-order valence-corrected chi connectivity index (χ3v) is 6.25. The van der Waals surface area contributed by atoms with Crippen LogP contribution in [-0.4, -0.2) is 27.7 Å². The molecular formula is C30H27ClFN3O2. The molecule has 3 aromatic carbocycles. The van der Waals surface area contributed by atoms with Gasteiger partial charge in [0.2, 0.25) is 11.8 Å². The van der Waals surface area contributed by atoms with Gasteiger partial charge in [-0.3, -0.25) is 14.6 Å². The third kappa shape index (κ3) is 7.72. The van der Waals surface area contributed by atoms with Crippen LogP contribution in [-0.2, 0) is 35.5 Å². The van der Waals surface area contributed by atoms with Crippen LogP contribution in [0.2, 0.25) is 5.02 Å². The van der Waals surface area contributed by atoms with Gasteiger partial charge in [0.05, 0.1) is 6.42 Å². The van der Waals surface area contributed by atoms with E-state index in [0.29, 0.717) is 11.4 Å². The lowest BCUT2D eigenvalue weighted by Gasteiger charge is -2.31. The van der Waals surface area contributed by atoms with Gasteiger partial charge in [-0.1, -0.05) is 72.3 Å². The summed E-state index contributed by atoms with van der Waals surface area (Å²) in [6, 6.07) is 25.5. The lowest BCUT2D eigenvalue weighted by atomic mass is 10.0. The van der Waals surface area contributed by atoms with Crippen molar-refractivity contribution in [3.63, 3.8) is 0 Å². The van der Waals surface area contributed by atoms with E-state index in [9.17, 15) is 14.0 Å². The van der Waals surface area contributed by atoms with Gasteiger partial charge in [0, 0.05) is 36.9 Å². The van der Waals surface area contributed by atoms with Crippen molar-refractivity contribution in [3.05, 3.63) is 136 Å². The zero-order valence-corrected chi connectivity index (χ0v) is 20.9. The van der Waals surface area contributed by atoms with Gasteiger partial charge in [-0.25, -0.2) is 4.39 Å². The van der Waals surface area contributed by atoms with Crippen LogP contribution in [0.3, 0.4) is 0 Å². The molecule has 0 aliphatic rings. The SMILES string of the molecule is O=C(NCc1cccnc1)[C@H](Cc1ccccc1)N(Cc1ccc(F)cc1)C(=O)Cc1ccc(Cl)cc1. The minimum absolute atomic E-state index is 0.0968. The minimum Gasteiger partial charge on any atom is -0.350 e. The summed E-state index contributed by atoms with van der Waals surface area (Å²) in [4.78, 5) is 33.0. The van der Waals surface area contributed by atoms with Crippen molar-refractivity contribution in [1.82, 2.24) is 15.2 Å². The molecule has 1 heterocycles. The van der Waals surface area contributed by atoms with Crippen LogP contribution >= 0.6 is 11.6 Å². The summed E-state index contributed by atoms with van der Waals surface area (Å²) >= 11 is 6.02. The first kappa shape index (κ1) is 26.0. The summed E-state index contributed by atoms with van der Waals surface area (Å²) in [5.41, 5.74) is 3.29. The topological polar surface area (TPSA) is 62.3 Å². The van der Waals surface area contributed by atoms with Crippen LogP contribution in [0.1, 0.15) is 22.3 Å². The lowest BCUT2D eigenvalue weighted by molar-refractivity contribution is -0.140. The van der Waals surface area contributed by atoms with E-state index in [1.807, 2.05) is 36.4 Å². The van der Waals surface area contributed by atoms with Crippen molar-refractivity contribution in [3.8, 4) is 0 Å². The smallest absolute Gasteiger partial charge is 0.243 e. The average Bonchev–Trinajstić information content (AvgIpc) is 2.92. The van der Waals surface area contributed by atoms with Gasteiger partial charge >= 0.3 is 0 Å². The van der Waals surface area contributed by atoms with Crippen LogP contribution in [0, 0.1) is 5.82 Å². The van der Waals surface area contributed by atoms with Gasteiger partial charge in [0.25, 0.3) is 0 Å². The Morgan fingerprint density at radius 3 is 2.19 bits per heavy atom. The number of benzene rings is 3. The summed E-state index contributed by atoms with van der Waals surface area (Å²) in [6.45, 7) is 0.443. The van der Waals surface area contributed by atoms with E-state index in [0.717, 1.165) is 22.3 Å². The fourth-order valence-electron chi connectivity index (χ4n) is 4.03. The van der Waals surface area contributed by atoms with E-state index in [1.165, 1.54) is 12.1 Å². The molecule has 0 saturated heterocycles. The van der Waals surface area contributed by atoms with Gasteiger partial charge in [-0.2, -0.15) is 0 Å². The maximum Gasteiger partial charge on any atom is 0.243 e. The number of rotatable bonds is 10. The number of carbonyl (C=O) groups is 2. The quantitative estimate of drug-likeness (QED) is 0.309. The summed E-state index contributed by atoms with van der Waals surface area (Å²) < 4.78 is 13.6. The second kappa shape index (κ2) is 12.8. The van der Waals surface area contributed by atoms with Gasteiger partial charge in [0.15, 0.2) is 0 Å². The Labute approximate surface area is 220 Å². The largest absolute Gasteiger partial charge is 0.350 e. The number of aromatic nitrogens is 1. The number of hydrogen-bond donors (Lipinski definition) is 1. The Morgan fingerprint density at radius 2 is 1.51 bits per heavy atom. The number of carbonyl (C=O) groups excluding carboxylic acids is 2. The molecular weight excluding hydrogens is 489 g/mol. The molecule has 5 nitrogen and oxygen atoms in total. The molecule has 0 aliphatic carbocycles. The first-order chi connectivity index (χ1) is 18.0. The molecule has 7 heteroatoms. The summed E-state index contributed by atoms with van der Waals surface area (Å²) in [5, 5.41) is 3.55. The van der Waals surface area contributed by atoms with Gasteiger partial charge in [-0.05, 0) is 52.6 Å². The monoisotopic (exact) mass is 515 g/mol. The van der Waals surface area contributed by atoms with Crippen LogP contribution in [0.25, 0.3) is 0 Å². The number of pyridine rings is 1. The van der Waals surface area contributed by atoms with Gasteiger partial charge in [-0.15, -0.1) is 0 Å². The van der Waals surface area contributed by atoms with E-state index < -0.39 is 6.04 Å². The molecule has 0 unspecified atom stereocenters. The maximum atomic E-state index is 13.7. The molecule has 37 heavy (non-hydrogen) atoms. The molecule has 0 saturated carbocycles. The highest BCUT2D eigenvalue weighted by molar-refractivity contribution is 6.30. The predicted octanol–water partition coefficient (Wildman–Crippen LogP) is 5.37. The normalized spacial score (nSPS) is 11.5. The Morgan fingerprint density at radius 1 is 0.838 bits per heavy atom. The molecule has 4 rings (SSSR count). The third-order valence-electron chi connectivity index (χ3n) is 6.00. The molecule has 188 valence electrons. The average molecular weight is 516 g/mol. The highest BCUT2D eigenvalue weighted by Gasteiger charge is 2.30. The molecule has 1 aromatic heterocycles. The van der Waals surface area contributed by atoms with Crippen molar-refractivity contribution < 1.29 is 14.0 Å². The fourth-order valence-corrected chi connectivity index (χ4v) is 4.15. The zero-order chi connectivity index (χ0) is 26.0. The van der Waals surface area contributed by atoms with E-state index in [-0.39, 0.29) is 37.1 Å². The maximum absolute atomic E-state index is 13.7. The van der Waals surface area contributed by atoms with Gasteiger partial charge < -0.3 is 10.2 Å². The first-order valence-corrected chi connectivity index (χ1v) is 12.3. The van der Waals surface area contributed by atoms with Crippen molar-refractivity contribution in [2.24, 2.45) is 0 Å². The molecule has 0 fully saturated rings. The van der Waals surface area contributed by atoms with Gasteiger partial charge in [0.1, 0.15) is 11.9 Å². The first-order valence-electron chi connectivity index (χ1n) is 12.0. The molecule has 0 radical (unpaired) electrons. The molecule has 2 amide bonds. The van der Waals surface area contributed by atoms with E-state index in [1.54, 1.807) is 59.8 Å². The number of hydrogen-bond acceptors (Lipinski definition) is 3. The standard InChI is InChI=1S/C30H27ClFN3O2/c31-26-12-8-23(9-13-26)18-29(36)35(21-24-10-14-27(32)15-11-24)28(17-22-5-2-1-3-6-22)30(37)34-20-25-7-4-16-33-19-25/h1-16,19,28H,17-18,20-21H2,(H,34,37)/t28-/m0/s1. The zero-order valence-electron chi connectivity index (χ0n) is 20.2. The van der Waals surface area contributed by atoms with E-state index >= 15 is 0 Å².